The largest absolute Gasteiger partial charge is 0.396 e. The summed E-state index contributed by atoms with van der Waals surface area (Å²) in [6.07, 6.45) is 3.83. The second-order valence-electron chi connectivity index (χ2n) is 3.67. The van der Waals surface area contributed by atoms with Crippen molar-refractivity contribution in [2.75, 3.05) is 6.61 Å². The third-order valence-corrected chi connectivity index (χ3v) is 2.98. The summed E-state index contributed by atoms with van der Waals surface area (Å²) >= 11 is 0. The predicted octanol–water partition coefficient (Wildman–Crippen LogP) is 2.05. The van der Waals surface area contributed by atoms with Crippen molar-refractivity contribution in [1.29, 1.82) is 0 Å². The average molecular weight is 142 g/mol. The van der Waals surface area contributed by atoms with Crippen molar-refractivity contribution in [3.8, 4) is 0 Å². The molecule has 0 spiro atoms. The zero-order chi connectivity index (χ0) is 7.56. The van der Waals surface area contributed by atoms with Gasteiger partial charge < -0.3 is 5.11 Å². The summed E-state index contributed by atoms with van der Waals surface area (Å²) in [6, 6.07) is 0. The van der Waals surface area contributed by atoms with Crippen LogP contribution in [0.1, 0.15) is 33.1 Å². The smallest absolute Gasteiger partial charge is 0.0459 e. The van der Waals surface area contributed by atoms with Gasteiger partial charge in [0.2, 0.25) is 0 Å². The highest BCUT2D eigenvalue weighted by atomic mass is 16.3. The summed E-state index contributed by atoms with van der Waals surface area (Å²) in [7, 11) is 0. The maximum Gasteiger partial charge on any atom is 0.0459 e. The number of hydrogen-bond acceptors (Lipinski definition) is 1. The van der Waals surface area contributed by atoms with Gasteiger partial charge in [0.15, 0.2) is 0 Å². The van der Waals surface area contributed by atoms with Crippen LogP contribution in [0.5, 0.6) is 0 Å². The van der Waals surface area contributed by atoms with Crippen LogP contribution in [0.15, 0.2) is 0 Å². The Bertz CT molecular complexity index is 94.9. The molecule has 1 aliphatic rings. The molecule has 0 bridgehead atoms. The Hall–Kier alpha value is -0.0400. The van der Waals surface area contributed by atoms with Gasteiger partial charge in [-0.25, -0.2) is 0 Å². The standard InChI is InChI=1S/C9H18O/c1-3-7(2)9-4-8(5-9)6-10/h7-10H,3-6H2,1-2H3/t7-,8?,9?/m1/s1. The topological polar surface area (TPSA) is 20.2 Å². The van der Waals surface area contributed by atoms with Crippen LogP contribution in [0.4, 0.5) is 0 Å². The molecule has 0 heterocycles. The number of rotatable bonds is 3. The molecular weight excluding hydrogens is 124 g/mol. The summed E-state index contributed by atoms with van der Waals surface area (Å²) in [6.45, 7) is 4.97. The molecule has 0 aliphatic heterocycles. The molecule has 1 aliphatic carbocycles. The normalized spacial score (nSPS) is 35.1. The molecule has 1 heteroatoms. The summed E-state index contributed by atoms with van der Waals surface area (Å²) in [5.41, 5.74) is 0. The van der Waals surface area contributed by atoms with E-state index in [1.54, 1.807) is 0 Å². The van der Waals surface area contributed by atoms with Crippen molar-refractivity contribution in [3.63, 3.8) is 0 Å². The fourth-order valence-corrected chi connectivity index (χ4v) is 1.73. The molecule has 1 nitrogen and oxygen atoms in total. The van der Waals surface area contributed by atoms with Crippen LogP contribution < -0.4 is 0 Å². The molecule has 0 aromatic rings. The summed E-state index contributed by atoms with van der Waals surface area (Å²) in [5, 5.41) is 8.76. The summed E-state index contributed by atoms with van der Waals surface area (Å²) in [4.78, 5) is 0. The molecule has 1 saturated carbocycles. The lowest BCUT2D eigenvalue weighted by molar-refractivity contribution is 0.0736. The Kier molecular flexibility index (Phi) is 2.72. The fraction of sp³-hybridized carbons (Fsp3) is 1.00. The predicted molar refractivity (Wildman–Crippen MR) is 42.8 cm³/mol. The lowest BCUT2D eigenvalue weighted by Crippen LogP contribution is -2.30. The average Bonchev–Trinajstić information content (AvgIpc) is 1.85. The van der Waals surface area contributed by atoms with E-state index in [1.165, 1.54) is 19.3 Å². The van der Waals surface area contributed by atoms with Crippen LogP contribution in [-0.2, 0) is 0 Å². The highest BCUT2D eigenvalue weighted by Crippen LogP contribution is 2.39. The van der Waals surface area contributed by atoms with Gasteiger partial charge in [-0.3, -0.25) is 0 Å². The van der Waals surface area contributed by atoms with Crippen LogP contribution in [-0.4, -0.2) is 11.7 Å². The van der Waals surface area contributed by atoms with E-state index in [9.17, 15) is 0 Å². The maximum atomic E-state index is 8.76. The van der Waals surface area contributed by atoms with E-state index in [-0.39, 0.29) is 0 Å². The lowest BCUT2D eigenvalue weighted by Gasteiger charge is -2.37. The minimum absolute atomic E-state index is 0.410. The molecule has 0 aromatic carbocycles. The summed E-state index contributed by atoms with van der Waals surface area (Å²) in [5.74, 6) is 2.43. The van der Waals surface area contributed by atoms with E-state index in [1.807, 2.05) is 0 Å². The Labute approximate surface area is 63.4 Å². The van der Waals surface area contributed by atoms with Crippen LogP contribution in [0, 0.1) is 17.8 Å². The van der Waals surface area contributed by atoms with E-state index < -0.39 is 0 Å². The third-order valence-electron chi connectivity index (χ3n) is 2.98. The Morgan fingerprint density at radius 3 is 2.50 bits per heavy atom. The molecule has 10 heavy (non-hydrogen) atoms. The van der Waals surface area contributed by atoms with Crippen LogP contribution in [0.2, 0.25) is 0 Å². The molecule has 0 radical (unpaired) electrons. The second kappa shape index (κ2) is 3.38. The molecular formula is C9H18O. The molecule has 0 unspecified atom stereocenters. The van der Waals surface area contributed by atoms with Gasteiger partial charge in [0.05, 0.1) is 0 Å². The fourth-order valence-electron chi connectivity index (χ4n) is 1.73. The molecule has 60 valence electrons. The van der Waals surface area contributed by atoms with Gasteiger partial charge in [0, 0.05) is 6.61 Å². The molecule has 1 N–H and O–H groups in total. The number of hydrogen-bond donors (Lipinski definition) is 1. The van der Waals surface area contributed by atoms with Gasteiger partial charge in [-0.2, -0.15) is 0 Å². The molecule has 1 atom stereocenters. The number of aliphatic hydroxyl groups is 1. The number of aliphatic hydroxyl groups excluding tert-OH is 1. The van der Waals surface area contributed by atoms with Crippen molar-refractivity contribution < 1.29 is 5.11 Å². The first-order valence-electron chi connectivity index (χ1n) is 4.38. The van der Waals surface area contributed by atoms with E-state index in [0.29, 0.717) is 12.5 Å². The first-order chi connectivity index (χ1) is 4.77. The second-order valence-corrected chi connectivity index (χ2v) is 3.67. The van der Waals surface area contributed by atoms with Crippen LogP contribution in [0.3, 0.4) is 0 Å². The van der Waals surface area contributed by atoms with E-state index in [4.69, 9.17) is 5.11 Å². The molecule has 1 fully saturated rings. The van der Waals surface area contributed by atoms with Gasteiger partial charge >= 0.3 is 0 Å². The van der Waals surface area contributed by atoms with Crippen LogP contribution in [0.25, 0.3) is 0 Å². The van der Waals surface area contributed by atoms with Crippen molar-refractivity contribution in [1.82, 2.24) is 0 Å². The Balaban J connectivity index is 2.13. The SMILES string of the molecule is CC[C@@H](C)C1CC(CO)C1. The van der Waals surface area contributed by atoms with Gasteiger partial charge in [-0.05, 0) is 30.6 Å². The van der Waals surface area contributed by atoms with Gasteiger partial charge in [-0.1, -0.05) is 20.3 Å². The van der Waals surface area contributed by atoms with Crippen molar-refractivity contribution in [3.05, 3.63) is 0 Å². The van der Waals surface area contributed by atoms with Crippen molar-refractivity contribution in [2.45, 2.75) is 33.1 Å². The molecule has 1 rings (SSSR count). The van der Waals surface area contributed by atoms with Gasteiger partial charge in [-0.15, -0.1) is 0 Å². The van der Waals surface area contributed by atoms with Gasteiger partial charge in [0.25, 0.3) is 0 Å². The highest BCUT2D eigenvalue weighted by molar-refractivity contribution is 4.81. The minimum Gasteiger partial charge on any atom is -0.396 e. The zero-order valence-corrected chi connectivity index (χ0v) is 7.01. The first kappa shape index (κ1) is 8.06. The monoisotopic (exact) mass is 142 g/mol. The Morgan fingerprint density at radius 1 is 1.50 bits per heavy atom. The van der Waals surface area contributed by atoms with Crippen molar-refractivity contribution in [2.24, 2.45) is 17.8 Å². The van der Waals surface area contributed by atoms with Gasteiger partial charge in [0.1, 0.15) is 0 Å². The highest BCUT2D eigenvalue weighted by Gasteiger charge is 2.31. The van der Waals surface area contributed by atoms with Crippen molar-refractivity contribution >= 4 is 0 Å². The maximum absolute atomic E-state index is 8.76. The quantitative estimate of drug-likeness (QED) is 0.639. The summed E-state index contributed by atoms with van der Waals surface area (Å²) < 4.78 is 0. The zero-order valence-electron chi connectivity index (χ0n) is 7.01. The third kappa shape index (κ3) is 1.51. The molecule has 0 aromatic heterocycles. The van der Waals surface area contributed by atoms with E-state index in [2.05, 4.69) is 13.8 Å². The molecule has 0 saturated heterocycles. The molecule has 0 amide bonds. The Morgan fingerprint density at radius 2 is 2.10 bits per heavy atom. The minimum atomic E-state index is 0.410. The lowest BCUT2D eigenvalue weighted by atomic mass is 9.69. The van der Waals surface area contributed by atoms with Crippen LogP contribution >= 0.6 is 0 Å². The van der Waals surface area contributed by atoms with E-state index in [0.717, 1.165) is 11.8 Å². The van der Waals surface area contributed by atoms with E-state index >= 15 is 0 Å². The first-order valence-corrected chi connectivity index (χ1v) is 4.38.